The number of benzene rings is 1. The van der Waals surface area contributed by atoms with E-state index >= 15 is 0 Å². The van der Waals surface area contributed by atoms with Crippen LogP contribution in [0.5, 0.6) is 0 Å². The first-order valence-electron chi connectivity index (χ1n) is 7.96. The lowest BCUT2D eigenvalue weighted by atomic mass is 10.1. The average molecular weight is 317 g/mol. The maximum atomic E-state index is 12.0. The summed E-state index contributed by atoms with van der Waals surface area (Å²) in [7, 11) is 0. The first kappa shape index (κ1) is 17.0. The van der Waals surface area contributed by atoms with Crippen molar-refractivity contribution in [3.05, 3.63) is 35.4 Å². The summed E-state index contributed by atoms with van der Waals surface area (Å²) in [6, 6.07) is 7.21. The van der Waals surface area contributed by atoms with E-state index in [1.54, 1.807) is 12.1 Å². The van der Waals surface area contributed by atoms with Gasteiger partial charge in [0, 0.05) is 31.6 Å². The molecular formula is C17H23N3O3. The molecule has 0 atom stereocenters. The molecule has 1 heterocycles. The molecule has 3 amide bonds. The minimum Gasteiger partial charge on any atom is -0.354 e. The van der Waals surface area contributed by atoms with Crippen molar-refractivity contribution in [2.75, 3.05) is 26.2 Å². The van der Waals surface area contributed by atoms with Gasteiger partial charge >= 0.3 is 0 Å². The Balaban J connectivity index is 1.66. The number of likely N-dealkylation sites (tertiary alicyclic amines) is 1. The summed E-state index contributed by atoms with van der Waals surface area (Å²) in [5, 5.41) is 5.24. The monoisotopic (exact) mass is 317 g/mol. The van der Waals surface area contributed by atoms with Crippen molar-refractivity contribution in [1.82, 2.24) is 15.5 Å². The van der Waals surface area contributed by atoms with Crippen molar-refractivity contribution in [1.29, 1.82) is 0 Å². The zero-order valence-corrected chi connectivity index (χ0v) is 13.4. The fourth-order valence-electron chi connectivity index (χ4n) is 2.58. The fraction of sp³-hybridized carbons (Fsp3) is 0.471. The van der Waals surface area contributed by atoms with E-state index in [1.807, 2.05) is 24.0 Å². The van der Waals surface area contributed by atoms with Crippen LogP contribution in [0.15, 0.2) is 24.3 Å². The Morgan fingerprint density at radius 1 is 1.09 bits per heavy atom. The number of nitrogens with zero attached hydrogens (tertiary/aromatic N) is 1. The number of hydrogen-bond acceptors (Lipinski definition) is 3. The molecule has 0 radical (unpaired) electrons. The minimum atomic E-state index is -0.291. The summed E-state index contributed by atoms with van der Waals surface area (Å²) < 4.78 is 0. The standard InChI is InChI=1S/C17H23N3O3/c1-13-6-2-3-7-14(13)17(23)19-12-15(21)18-9-8-16(22)20-10-4-5-11-20/h2-3,6-7H,4-5,8-12H2,1H3,(H,18,21)(H,19,23). The van der Waals surface area contributed by atoms with Crippen molar-refractivity contribution in [2.45, 2.75) is 26.2 Å². The number of rotatable bonds is 6. The van der Waals surface area contributed by atoms with Gasteiger partial charge in [-0.15, -0.1) is 0 Å². The lowest BCUT2D eigenvalue weighted by Gasteiger charge is -2.15. The average Bonchev–Trinajstić information content (AvgIpc) is 3.07. The molecule has 0 bridgehead atoms. The molecule has 6 heteroatoms. The first-order valence-corrected chi connectivity index (χ1v) is 7.96. The SMILES string of the molecule is Cc1ccccc1C(=O)NCC(=O)NCCC(=O)N1CCCC1. The molecule has 2 rings (SSSR count). The third kappa shape index (κ3) is 5.09. The molecule has 1 aromatic rings. The van der Waals surface area contributed by atoms with Crippen LogP contribution in [-0.2, 0) is 9.59 Å². The summed E-state index contributed by atoms with van der Waals surface area (Å²) >= 11 is 0. The third-order valence-corrected chi connectivity index (χ3v) is 3.92. The van der Waals surface area contributed by atoms with Crippen LogP contribution in [0, 0.1) is 6.92 Å². The number of carbonyl (C=O) groups is 3. The Kier molecular flexibility index (Phi) is 6.14. The number of nitrogens with one attached hydrogen (secondary N) is 2. The van der Waals surface area contributed by atoms with Gasteiger partial charge in [-0.3, -0.25) is 14.4 Å². The molecular weight excluding hydrogens is 294 g/mol. The van der Waals surface area contributed by atoms with Gasteiger partial charge in [-0.2, -0.15) is 0 Å². The van der Waals surface area contributed by atoms with Gasteiger partial charge in [0.2, 0.25) is 11.8 Å². The van der Waals surface area contributed by atoms with Crippen molar-refractivity contribution in [3.8, 4) is 0 Å². The molecule has 6 nitrogen and oxygen atoms in total. The number of amides is 3. The number of aryl methyl sites for hydroxylation is 1. The Hall–Kier alpha value is -2.37. The van der Waals surface area contributed by atoms with Gasteiger partial charge in [0.05, 0.1) is 6.54 Å². The predicted molar refractivity (Wildman–Crippen MR) is 87.0 cm³/mol. The highest BCUT2D eigenvalue weighted by Crippen LogP contribution is 2.08. The second-order valence-corrected chi connectivity index (χ2v) is 5.69. The highest BCUT2D eigenvalue weighted by atomic mass is 16.2. The summed E-state index contributed by atoms with van der Waals surface area (Å²) in [6.45, 7) is 3.69. The topological polar surface area (TPSA) is 78.5 Å². The molecule has 124 valence electrons. The first-order chi connectivity index (χ1) is 11.1. The number of carbonyl (C=O) groups excluding carboxylic acids is 3. The smallest absolute Gasteiger partial charge is 0.251 e. The molecule has 1 aliphatic heterocycles. The second-order valence-electron chi connectivity index (χ2n) is 5.69. The van der Waals surface area contributed by atoms with Crippen molar-refractivity contribution in [2.24, 2.45) is 0 Å². The Bertz CT molecular complexity index is 580. The van der Waals surface area contributed by atoms with Crippen LogP contribution in [0.25, 0.3) is 0 Å². The molecule has 1 fully saturated rings. The van der Waals surface area contributed by atoms with Crippen LogP contribution in [0.3, 0.4) is 0 Å². The van der Waals surface area contributed by atoms with E-state index in [1.165, 1.54) is 0 Å². The van der Waals surface area contributed by atoms with Crippen LogP contribution < -0.4 is 10.6 Å². The van der Waals surface area contributed by atoms with Crippen molar-refractivity contribution >= 4 is 17.7 Å². The summed E-state index contributed by atoms with van der Waals surface area (Å²) in [5.74, 6) is -0.487. The molecule has 1 aromatic carbocycles. The summed E-state index contributed by atoms with van der Waals surface area (Å²) in [6.07, 6.45) is 2.42. The van der Waals surface area contributed by atoms with E-state index in [-0.39, 0.29) is 24.3 Å². The molecule has 2 N–H and O–H groups in total. The zero-order chi connectivity index (χ0) is 16.7. The maximum absolute atomic E-state index is 12.0. The maximum Gasteiger partial charge on any atom is 0.251 e. The fourth-order valence-corrected chi connectivity index (χ4v) is 2.58. The van der Waals surface area contributed by atoms with Gasteiger partial charge in [-0.1, -0.05) is 18.2 Å². The quantitative estimate of drug-likeness (QED) is 0.816. The second kappa shape index (κ2) is 8.31. The van der Waals surface area contributed by atoms with Crippen LogP contribution in [0.1, 0.15) is 35.2 Å². The van der Waals surface area contributed by atoms with Gasteiger partial charge in [0.1, 0.15) is 0 Å². The molecule has 1 saturated heterocycles. The highest BCUT2D eigenvalue weighted by Gasteiger charge is 2.17. The van der Waals surface area contributed by atoms with Crippen LogP contribution >= 0.6 is 0 Å². The Morgan fingerprint density at radius 3 is 2.48 bits per heavy atom. The van der Waals surface area contributed by atoms with Gasteiger partial charge in [0.25, 0.3) is 5.91 Å². The molecule has 0 aliphatic carbocycles. The summed E-state index contributed by atoms with van der Waals surface area (Å²) in [4.78, 5) is 37.3. The van der Waals surface area contributed by atoms with Crippen LogP contribution in [-0.4, -0.2) is 48.8 Å². The highest BCUT2D eigenvalue weighted by molar-refractivity contribution is 5.97. The van der Waals surface area contributed by atoms with Gasteiger partial charge in [-0.05, 0) is 31.4 Å². The van der Waals surface area contributed by atoms with E-state index < -0.39 is 0 Å². The lowest BCUT2D eigenvalue weighted by molar-refractivity contribution is -0.130. The summed E-state index contributed by atoms with van der Waals surface area (Å²) in [5.41, 5.74) is 1.42. The van der Waals surface area contributed by atoms with Crippen molar-refractivity contribution in [3.63, 3.8) is 0 Å². The third-order valence-electron chi connectivity index (χ3n) is 3.92. The van der Waals surface area contributed by atoms with E-state index in [0.717, 1.165) is 31.5 Å². The molecule has 0 spiro atoms. The molecule has 0 aromatic heterocycles. The van der Waals surface area contributed by atoms with Crippen LogP contribution in [0.4, 0.5) is 0 Å². The number of hydrogen-bond donors (Lipinski definition) is 2. The van der Waals surface area contributed by atoms with Gasteiger partial charge in [-0.25, -0.2) is 0 Å². The van der Waals surface area contributed by atoms with Crippen LogP contribution in [0.2, 0.25) is 0 Å². The van der Waals surface area contributed by atoms with Gasteiger partial charge in [0.15, 0.2) is 0 Å². The van der Waals surface area contributed by atoms with E-state index in [9.17, 15) is 14.4 Å². The molecule has 0 unspecified atom stereocenters. The Morgan fingerprint density at radius 2 is 1.78 bits per heavy atom. The van der Waals surface area contributed by atoms with E-state index in [0.29, 0.717) is 18.5 Å². The zero-order valence-electron chi connectivity index (χ0n) is 13.4. The molecule has 23 heavy (non-hydrogen) atoms. The van der Waals surface area contributed by atoms with E-state index in [2.05, 4.69) is 10.6 Å². The molecule has 0 saturated carbocycles. The predicted octanol–water partition coefficient (Wildman–Crippen LogP) is 0.854. The Labute approximate surface area is 136 Å². The normalized spacial score (nSPS) is 13.7. The van der Waals surface area contributed by atoms with Crippen molar-refractivity contribution < 1.29 is 14.4 Å². The largest absolute Gasteiger partial charge is 0.354 e. The lowest BCUT2D eigenvalue weighted by Crippen LogP contribution is -2.39. The van der Waals surface area contributed by atoms with E-state index in [4.69, 9.17) is 0 Å². The molecule has 1 aliphatic rings. The minimum absolute atomic E-state index is 0.0757. The van der Waals surface area contributed by atoms with Gasteiger partial charge < -0.3 is 15.5 Å².